The fourth-order valence-corrected chi connectivity index (χ4v) is 4.67. The van der Waals surface area contributed by atoms with Crippen molar-refractivity contribution in [1.29, 1.82) is 0 Å². The number of tetrazole rings is 1. The van der Waals surface area contributed by atoms with Gasteiger partial charge in [-0.2, -0.15) is 5.21 Å². The van der Waals surface area contributed by atoms with Crippen molar-refractivity contribution in [2.75, 3.05) is 14.2 Å². The molecular weight excluding hydrogens is 466 g/mol. The SMILES string of the molecule is CCCCc1nc2c(C)cc(C(OC)OC)nc2n1Cc1ccc(-c2ccccc2)c(-c2nn[nH]n2)c1. The number of aromatic amines is 1. The Labute approximate surface area is 215 Å². The van der Waals surface area contributed by atoms with Crippen LogP contribution in [0.2, 0.25) is 0 Å². The molecule has 0 aliphatic carbocycles. The number of rotatable bonds is 10. The highest BCUT2D eigenvalue weighted by Crippen LogP contribution is 2.32. The van der Waals surface area contributed by atoms with E-state index in [9.17, 15) is 0 Å². The van der Waals surface area contributed by atoms with Crippen molar-refractivity contribution in [3.8, 4) is 22.5 Å². The quantitative estimate of drug-likeness (QED) is 0.262. The van der Waals surface area contributed by atoms with E-state index in [1.807, 2.05) is 24.3 Å². The molecule has 3 aromatic heterocycles. The van der Waals surface area contributed by atoms with E-state index < -0.39 is 6.29 Å². The molecule has 37 heavy (non-hydrogen) atoms. The number of ether oxygens (including phenoxy) is 2. The number of pyridine rings is 1. The summed E-state index contributed by atoms with van der Waals surface area (Å²) in [5.74, 6) is 1.57. The second-order valence-corrected chi connectivity index (χ2v) is 9.04. The smallest absolute Gasteiger partial charge is 0.205 e. The standard InChI is InChI=1S/C28H31N7O2/c1-5-6-12-24-30-25-18(2)15-23(28(36-3)37-4)29-27(25)35(24)17-19-13-14-21(20-10-8-7-9-11-20)22(16-19)26-31-33-34-32-26/h7-11,13-16,28H,5-6,12,17H2,1-4H3,(H,31,32,33,34). The van der Waals surface area contributed by atoms with Crippen molar-refractivity contribution >= 4 is 11.2 Å². The zero-order chi connectivity index (χ0) is 25.8. The first-order valence-corrected chi connectivity index (χ1v) is 12.5. The molecule has 0 atom stereocenters. The molecule has 9 heteroatoms. The molecule has 3 heterocycles. The zero-order valence-corrected chi connectivity index (χ0v) is 21.6. The highest BCUT2D eigenvalue weighted by atomic mass is 16.7. The van der Waals surface area contributed by atoms with Crippen molar-refractivity contribution in [2.24, 2.45) is 0 Å². The number of imidazole rings is 1. The Balaban J connectivity index is 1.63. The molecule has 0 saturated carbocycles. The molecule has 0 fully saturated rings. The number of hydrogen-bond donors (Lipinski definition) is 1. The van der Waals surface area contributed by atoms with Gasteiger partial charge in [0.1, 0.15) is 11.3 Å². The Bertz CT molecular complexity index is 1480. The number of nitrogens with zero attached hydrogens (tertiary/aromatic N) is 6. The normalized spacial score (nSPS) is 11.6. The maximum absolute atomic E-state index is 5.49. The second-order valence-electron chi connectivity index (χ2n) is 9.04. The molecule has 0 aliphatic heterocycles. The summed E-state index contributed by atoms with van der Waals surface area (Å²) in [5.41, 5.74) is 7.66. The van der Waals surface area contributed by atoms with Crippen LogP contribution in [0.25, 0.3) is 33.7 Å². The Kier molecular flexibility index (Phi) is 7.34. The van der Waals surface area contributed by atoms with Gasteiger partial charge >= 0.3 is 0 Å². The molecule has 5 aromatic rings. The summed E-state index contributed by atoms with van der Waals surface area (Å²) in [4.78, 5) is 9.97. The van der Waals surface area contributed by atoms with Gasteiger partial charge in [-0.15, -0.1) is 10.2 Å². The van der Waals surface area contributed by atoms with Gasteiger partial charge in [0.05, 0.1) is 12.2 Å². The maximum atomic E-state index is 5.49. The van der Waals surface area contributed by atoms with Gasteiger partial charge in [-0.3, -0.25) is 0 Å². The van der Waals surface area contributed by atoms with Crippen LogP contribution in [0.5, 0.6) is 0 Å². The summed E-state index contributed by atoms with van der Waals surface area (Å²) in [6.45, 7) is 4.85. The second kappa shape index (κ2) is 11.0. The third-order valence-electron chi connectivity index (χ3n) is 6.51. The summed E-state index contributed by atoms with van der Waals surface area (Å²) >= 11 is 0. The van der Waals surface area contributed by atoms with Crippen LogP contribution in [0.1, 0.15) is 48.7 Å². The van der Waals surface area contributed by atoms with Crippen LogP contribution in [0, 0.1) is 6.92 Å². The van der Waals surface area contributed by atoms with Crippen molar-refractivity contribution in [2.45, 2.75) is 45.9 Å². The first-order valence-electron chi connectivity index (χ1n) is 12.5. The van der Waals surface area contributed by atoms with Gasteiger partial charge in [0.25, 0.3) is 0 Å². The number of aromatic nitrogens is 7. The largest absolute Gasteiger partial charge is 0.350 e. The lowest BCUT2D eigenvalue weighted by atomic mass is 9.97. The Morgan fingerprint density at radius 2 is 1.78 bits per heavy atom. The Morgan fingerprint density at radius 1 is 0.973 bits per heavy atom. The Hall–Kier alpha value is -3.95. The van der Waals surface area contributed by atoms with Crippen LogP contribution in [0.4, 0.5) is 0 Å². The van der Waals surface area contributed by atoms with Gasteiger partial charge in [0.2, 0.25) is 12.1 Å². The number of unbranched alkanes of at least 4 members (excludes halogenated alkanes) is 1. The molecule has 0 bridgehead atoms. The first-order chi connectivity index (χ1) is 18.1. The van der Waals surface area contributed by atoms with Crippen molar-refractivity contribution < 1.29 is 9.47 Å². The maximum Gasteiger partial charge on any atom is 0.205 e. The number of benzene rings is 2. The molecule has 0 aliphatic rings. The van der Waals surface area contributed by atoms with E-state index in [-0.39, 0.29) is 0 Å². The predicted molar refractivity (Wildman–Crippen MR) is 142 cm³/mol. The predicted octanol–water partition coefficient (Wildman–Crippen LogP) is 5.27. The van der Waals surface area contributed by atoms with Crippen LogP contribution >= 0.6 is 0 Å². The van der Waals surface area contributed by atoms with Crippen molar-refractivity contribution in [3.63, 3.8) is 0 Å². The molecule has 1 N–H and O–H groups in total. The highest BCUT2D eigenvalue weighted by molar-refractivity contribution is 5.81. The minimum absolute atomic E-state index is 0.541. The minimum atomic E-state index is -0.541. The topological polar surface area (TPSA) is 104 Å². The summed E-state index contributed by atoms with van der Waals surface area (Å²) < 4.78 is 13.2. The number of hydrogen-bond acceptors (Lipinski definition) is 7. The van der Waals surface area contributed by atoms with Crippen LogP contribution in [-0.2, 0) is 22.4 Å². The van der Waals surface area contributed by atoms with E-state index in [0.29, 0.717) is 12.4 Å². The molecule has 5 rings (SSSR count). The number of fused-ring (bicyclic) bond motifs is 1. The van der Waals surface area contributed by atoms with Gasteiger partial charge in [0, 0.05) is 26.2 Å². The fourth-order valence-electron chi connectivity index (χ4n) is 4.67. The molecule has 0 saturated heterocycles. The van der Waals surface area contributed by atoms with Crippen LogP contribution in [0.15, 0.2) is 54.6 Å². The summed E-state index contributed by atoms with van der Waals surface area (Å²) in [7, 11) is 3.24. The lowest BCUT2D eigenvalue weighted by Crippen LogP contribution is -2.10. The van der Waals surface area contributed by atoms with Gasteiger partial charge in [-0.1, -0.05) is 55.8 Å². The molecule has 0 radical (unpaired) electrons. The van der Waals surface area contributed by atoms with E-state index in [1.54, 1.807) is 14.2 Å². The average Bonchev–Trinajstić information content (AvgIpc) is 3.58. The van der Waals surface area contributed by atoms with E-state index in [2.05, 4.69) is 69.4 Å². The number of aryl methyl sites for hydroxylation is 2. The van der Waals surface area contributed by atoms with Crippen LogP contribution < -0.4 is 0 Å². The van der Waals surface area contributed by atoms with Crippen molar-refractivity contribution in [3.05, 3.63) is 77.2 Å². The van der Waals surface area contributed by atoms with E-state index in [1.165, 1.54) is 0 Å². The minimum Gasteiger partial charge on any atom is -0.350 e. The lowest BCUT2D eigenvalue weighted by molar-refractivity contribution is -0.108. The first kappa shape index (κ1) is 24.7. The van der Waals surface area contributed by atoms with Crippen LogP contribution in [0.3, 0.4) is 0 Å². The third kappa shape index (κ3) is 5.00. The van der Waals surface area contributed by atoms with Gasteiger partial charge in [-0.25, -0.2) is 9.97 Å². The number of H-pyrrole nitrogens is 1. The molecular formula is C28H31N7O2. The Morgan fingerprint density at radius 3 is 2.49 bits per heavy atom. The van der Waals surface area contributed by atoms with Gasteiger partial charge in [0.15, 0.2) is 5.65 Å². The highest BCUT2D eigenvalue weighted by Gasteiger charge is 2.20. The van der Waals surface area contributed by atoms with Gasteiger partial charge < -0.3 is 14.0 Å². The number of methoxy groups -OCH3 is 2. The monoisotopic (exact) mass is 497 g/mol. The number of nitrogens with one attached hydrogen (secondary N) is 1. The third-order valence-corrected chi connectivity index (χ3v) is 6.51. The van der Waals surface area contributed by atoms with E-state index in [4.69, 9.17) is 19.4 Å². The lowest BCUT2D eigenvalue weighted by Gasteiger charge is -2.15. The van der Waals surface area contributed by atoms with Crippen LogP contribution in [-0.4, -0.2) is 49.4 Å². The summed E-state index contributed by atoms with van der Waals surface area (Å²) in [6, 6.07) is 18.6. The summed E-state index contributed by atoms with van der Waals surface area (Å²) in [5, 5.41) is 14.9. The molecule has 0 amide bonds. The molecule has 2 aromatic carbocycles. The molecule has 9 nitrogen and oxygen atoms in total. The van der Waals surface area contributed by atoms with Crippen molar-refractivity contribution in [1.82, 2.24) is 35.2 Å². The molecule has 0 spiro atoms. The van der Waals surface area contributed by atoms with Gasteiger partial charge in [-0.05, 0) is 52.9 Å². The summed E-state index contributed by atoms with van der Waals surface area (Å²) in [6.07, 6.45) is 2.47. The average molecular weight is 498 g/mol. The van der Waals surface area contributed by atoms with E-state index >= 15 is 0 Å². The fraction of sp³-hybridized carbons (Fsp3) is 0.321. The zero-order valence-electron chi connectivity index (χ0n) is 21.6. The molecule has 190 valence electrons. The van der Waals surface area contributed by atoms with E-state index in [0.717, 1.165) is 69.8 Å². The molecule has 0 unspecified atom stereocenters.